The maximum Gasteiger partial charge on any atom is 0.257 e. The summed E-state index contributed by atoms with van der Waals surface area (Å²) in [7, 11) is 0. The monoisotopic (exact) mass is 539 g/mol. The van der Waals surface area contributed by atoms with E-state index in [-0.39, 0.29) is 24.1 Å². The summed E-state index contributed by atoms with van der Waals surface area (Å²) < 4.78 is 0. The molecule has 2 aliphatic rings. The number of hydrogen-bond donors (Lipinski definition) is 2. The SMILES string of the molecule is O=C(CCNCCCC1CCN(CC(=O)N2c3ccccc3C(=O)Nc3cccnc32)CC1)Cc1ccccc1. The summed E-state index contributed by atoms with van der Waals surface area (Å²) >= 11 is 0. The van der Waals surface area contributed by atoms with Crippen molar-refractivity contribution in [1.29, 1.82) is 0 Å². The summed E-state index contributed by atoms with van der Waals surface area (Å²) in [6.45, 7) is 3.68. The van der Waals surface area contributed by atoms with Crippen LogP contribution in [0.1, 0.15) is 48.0 Å². The van der Waals surface area contributed by atoms with Gasteiger partial charge in [0.25, 0.3) is 5.91 Å². The molecule has 8 nitrogen and oxygen atoms in total. The zero-order valence-electron chi connectivity index (χ0n) is 22.9. The Balaban J connectivity index is 1.05. The van der Waals surface area contributed by atoms with Gasteiger partial charge in [0, 0.05) is 25.6 Å². The van der Waals surface area contributed by atoms with Gasteiger partial charge >= 0.3 is 0 Å². The number of likely N-dealkylation sites (tertiary alicyclic amines) is 1. The Hall–Kier alpha value is -3.88. The van der Waals surface area contributed by atoms with Crippen LogP contribution in [-0.2, 0) is 16.0 Å². The maximum absolute atomic E-state index is 13.6. The normalized spacial score (nSPS) is 15.6. The van der Waals surface area contributed by atoms with E-state index in [1.54, 1.807) is 41.4 Å². The number of hydrogen-bond acceptors (Lipinski definition) is 6. The number of fused-ring (bicyclic) bond motifs is 2. The first-order valence-corrected chi connectivity index (χ1v) is 14.3. The molecule has 1 aromatic heterocycles. The van der Waals surface area contributed by atoms with Crippen LogP contribution in [-0.4, -0.2) is 60.2 Å². The second-order valence-electron chi connectivity index (χ2n) is 10.6. The van der Waals surface area contributed by atoms with Crippen molar-refractivity contribution in [2.75, 3.05) is 42.9 Å². The van der Waals surface area contributed by atoms with Crippen LogP contribution in [0.3, 0.4) is 0 Å². The van der Waals surface area contributed by atoms with Gasteiger partial charge < -0.3 is 10.6 Å². The molecule has 2 aromatic carbocycles. The number of pyridine rings is 1. The zero-order valence-corrected chi connectivity index (χ0v) is 22.9. The highest BCUT2D eigenvalue weighted by molar-refractivity contribution is 6.17. The van der Waals surface area contributed by atoms with Gasteiger partial charge in [-0.25, -0.2) is 4.98 Å². The Kier molecular flexibility index (Phi) is 9.31. The van der Waals surface area contributed by atoms with E-state index in [0.29, 0.717) is 41.5 Å². The number of ketones is 1. The molecule has 8 heteroatoms. The van der Waals surface area contributed by atoms with Crippen LogP contribution in [0, 0.1) is 5.92 Å². The molecule has 1 fully saturated rings. The van der Waals surface area contributed by atoms with Crippen molar-refractivity contribution in [3.05, 3.63) is 84.1 Å². The molecule has 3 aromatic rings. The fraction of sp³-hybridized carbons (Fsp3) is 0.375. The highest BCUT2D eigenvalue weighted by Crippen LogP contribution is 2.36. The van der Waals surface area contributed by atoms with E-state index in [4.69, 9.17) is 0 Å². The molecule has 0 bridgehead atoms. The molecule has 208 valence electrons. The van der Waals surface area contributed by atoms with Gasteiger partial charge in [-0.2, -0.15) is 0 Å². The third-order valence-corrected chi connectivity index (χ3v) is 7.74. The van der Waals surface area contributed by atoms with Gasteiger partial charge in [0.2, 0.25) is 5.91 Å². The Morgan fingerprint density at radius 2 is 1.73 bits per heavy atom. The molecular formula is C32H37N5O3. The third kappa shape index (κ3) is 7.00. The molecule has 0 saturated carbocycles. The first-order valence-electron chi connectivity index (χ1n) is 14.3. The number of nitrogens with one attached hydrogen (secondary N) is 2. The van der Waals surface area contributed by atoms with Gasteiger partial charge in [0.05, 0.1) is 23.5 Å². The Morgan fingerprint density at radius 1 is 0.950 bits per heavy atom. The van der Waals surface area contributed by atoms with Crippen LogP contribution in [0.15, 0.2) is 72.9 Å². The van der Waals surface area contributed by atoms with Crippen LogP contribution in [0.4, 0.5) is 17.2 Å². The molecule has 3 heterocycles. The number of piperidine rings is 1. The number of rotatable bonds is 11. The first kappa shape index (κ1) is 27.7. The Labute approximate surface area is 235 Å². The molecule has 5 rings (SSSR count). The van der Waals surface area contributed by atoms with Crippen LogP contribution < -0.4 is 15.5 Å². The summed E-state index contributed by atoms with van der Waals surface area (Å²) in [6.07, 6.45) is 7.07. The Morgan fingerprint density at radius 3 is 2.55 bits per heavy atom. The van der Waals surface area contributed by atoms with E-state index in [2.05, 4.69) is 20.5 Å². The molecule has 2 N–H and O–H groups in total. The molecule has 2 aliphatic heterocycles. The highest BCUT2D eigenvalue weighted by Gasteiger charge is 2.31. The third-order valence-electron chi connectivity index (χ3n) is 7.74. The quantitative estimate of drug-likeness (QED) is 0.346. The van der Waals surface area contributed by atoms with E-state index in [9.17, 15) is 14.4 Å². The lowest BCUT2D eigenvalue weighted by molar-refractivity contribution is -0.119. The second-order valence-corrected chi connectivity index (χ2v) is 10.6. The van der Waals surface area contributed by atoms with Crippen molar-refractivity contribution in [3.8, 4) is 0 Å². The molecule has 0 spiro atoms. The first-order chi connectivity index (χ1) is 19.6. The van der Waals surface area contributed by atoms with Gasteiger partial charge in [-0.15, -0.1) is 0 Å². The summed E-state index contributed by atoms with van der Waals surface area (Å²) in [6, 6.07) is 20.6. The van der Waals surface area contributed by atoms with Gasteiger partial charge in [-0.1, -0.05) is 42.5 Å². The van der Waals surface area contributed by atoms with Gasteiger partial charge in [0.15, 0.2) is 5.82 Å². The van der Waals surface area contributed by atoms with Crippen molar-refractivity contribution in [2.24, 2.45) is 5.92 Å². The van der Waals surface area contributed by atoms with Crippen LogP contribution in [0.2, 0.25) is 0 Å². The lowest BCUT2D eigenvalue weighted by atomic mass is 9.92. The van der Waals surface area contributed by atoms with Gasteiger partial charge in [0.1, 0.15) is 5.78 Å². The number of carbonyl (C=O) groups excluding carboxylic acids is 3. The minimum Gasteiger partial charge on any atom is -0.319 e. The van der Waals surface area contributed by atoms with Crippen LogP contribution in [0.5, 0.6) is 0 Å². The van der Waals surface area contributed by atoms with Gasteiger partial charge in [-0.05, 0) is 81.1 Å². The average molecular weight is 540 g/mol. The molecule has 0 aliphatic carbocycles. The minimum absolute atomic E-state index is 0.0895. The number of benzene rings is 2. The molecule has 2 amide bonds. The van der Waals surface area contributed by atoms with Crippen molar-refractivity contribution in [3.63, 3.8) is 0 Å². The fourth-order valence-corrected chi connectivity index (χ4v) is 5.57. The molecule has 0 radical (unpaired) electrons. The van der Waals surface area contributed by atoms with E-state index >= 15 is 0 Å². The van der Waals surface area contributed by atoms with Gasteiger partial charge in [-0.3, -0.25) is 24.2 Å². The number of aromatic nitrogens is 1. The number of carbonyl (C=O) groups is 3. The number of Topliss-reactive ketones (excluding diaryl/α,β-unsaturated/α-hetero) is 1. The number of amides is 2. The van der Waals surface area contributed by atoms with E-state index < -0.39 is 0 Å². The van der Waals surface area contributed by atoms with Crippen molar-refractivity contribution >= 4 is 34.8 Å². The molecule has 1 saturated heterocycles. The van der Waals surface area contributed by atoms with E-state index in [0.717, 1.165) is 57.4 Å². The van der Waals surface area contributed by atoms with Crippen molar-refractivity contribution in [2.45, 2.75) is 38.5 Å². The predicted octanol–water partition coefficient (Wildman–Crippen LogP) is 4.60. The average Bonchev–Trinajstić information content (AvgIpc) is 3.10. The lowest BCUT2D eigenvalue weighted by Crippen LogP contribution is -2.42. The molecule has 0 atom stereocenters. The smallest absolute Gasteiger partial charge is 0.257 e. The Bertz CT molecular complexity index is 1320. The van der Waals surface area contributed by atoms with Crippen LogP contribution in [0.25, 0.3) is 0 Å². The zero-order chi connectivity index (χ0) is 27.7. The fourth-order valence-electron chi connectivity index (χ4n) is 5.57. The van der Waals surface area contributed by atoms with Crippen molar-refractivity contribution in [1.82, 2.24) is 15.2 Å². The summed E-state index contributed by atoms with van der Waals surface area (Å²) in [5.74, 6) is 1.04. The summed E-state index contributed by atoms with van der Waals surface area (Å²) in [4.78, 5) is 46.8. The summed E-state index contributed by atoms with van der Waals surface area (Å²) in [5, 5.41) is 6.31. The van der Waals surface area contributed by atoms with E-state index in [1.807, 2.05) is 36.4 Å². The molecule has 0 unspecified atom stereocenters. The number of para-hydroxylation sites is 1. The highest BCUT2D eigenvalue weighted by atomic mass is 16.2. The topological polar surface area (TPSA) is 94.6 Å². The predicted molar refractivity (Wildman–Crippen MR) is 157 cm³/mol. The lowest BCUT2D eigenvalue weighted by Gasteiger charge is -2.33. The standard InChI is InChI=1S/C32H37N5O3/c38-26(22-25-8-2-1-3-9-25)14-19-33-17-6-10-24-15-20-36(21-16-24)23-30(39)37-29-13-5-4-11-27(29)32(40)35-28-12-7-18-34-31(28)37/h1-5,7-9,11-13,18,24,33H,6,10,14-17,19-23H2,(H,35,40). The van der Waals surface area contributed by atoms with E-state index in [1.165, 1.54) is 0 Å². The van der Waals surface area contributed by atoms with Crippen molar-refractivity contribution < 1.29 is 14.4 Å². The maximum atomic E-state index is 13.6. The number of nitrogens with zero attached hydrogens (tertiary/aromatic N) is 3. The molecule has 40 heavy (non-hydrogen) atoms. The van der Waals surface area contributed by atoms with Crippen LogP contribution >= 0.6 is 0 Å². The number of anilines is 3. The second kappa shape index (κ2) is 13.5. The molecular weight excluding hydrogens is 502 g/mol. The minimum atomic E-state index is -0.241. The largest absolute Gasteiger partial charge is 0.319 e. The summed E-state index contributed by atoms with van der Waals surface area (Å²) in [5.41, 5.74) is 2.63.